The molecule has 0 radical (unpaired) electrons. The van der Waals surface area contributed by atoms with Gasteiger partial charge in [-0.2, -0.15) is 0 Å². The second kappa shape index (κ2) is 2.25. The Morgan fingerprint density at radius 3 is 2.73 bits per heavy atom. The monoisotopic (exact) mass is 230 g/mol. The van der Waals surface area contributed by atoms with Crippen molar-refractivity contribution in [2.45, 2.75) is 6.42 Å². The van der Waals surface area contributed by atoms with Crippen molar-refractivity contribution in [2.75, 3.05) is 0 Å². The molecule has 1 aliphatic rings. The van der Waals surface area contributed by atoms with Crippen molar-refractivity contribution in [3.63, 3.8) is 0 Å². The molecule has 2 nitrogen and oxygen atoms in total. The van der Waals surface area contributed by atoms with Gasteiger partial charge in [0.2, 0.25) is 0 Å². The minimum absolute atomic E-state index is 0.0410. The van der Waals surface area contributed by atoms with Crippen LogP contribution in [0, 0.1) is 0 Å². The van der Waals surface area contributed by atoms with E-state index in [0.717, 1.165) is 3.79 Å². The third-order valence-corrected chi connectivity index (χ3v) is 3.26. The minimum atomic E-state index is -0.0491. The molecule has 0 fully saturated rings. The van der Waals surface area contributed by atoms with Gasteiger partial charge in [-0.05, 0) is 22.0 Å². The molecule has 1 aromatic heterocycles. The fraction of sp³-hybridized carbons (Fsp3) is 0.143. The van der Waals surface area contributed by atoms with E-state index in [1.54, 1.807) is 6.07 Å². The Bertz CT molecular complexity index is 322. The van der Waals surface area contributed by atoms with Crippen LogP contribution in [0.3, 0.4) is 0 Å². The molecule has 1 aliphatic carbocycles. The predicted molar refractivity (Wildman–Crippen MR) is 45.3 cm³/mol. The summed E-state index contributed by atoms with van der Waals surface area (Å²) in [7, 11) is 0. The van der Waals surface area contributed by atoms with Crippen LogP contribution in [0.15, 0.2) is 9.85 Å². The fourth-order valence-electron chi connectivity index (χ4n) is 1.10. The summed E-state index contributed by atoms with van der Waals surface area (Å²) in [5, 5.41) is 0. The lowest BCUT2D eigenvalue weighted by molar-refractivity contribution is 0.0924. The molecule has 0 unspecified atom stereocenters. The molecular formula is C7H3BrO2S. The number of halogens is 1. The third-order valence-electron chi connectivity index (χ3n) is 1.58. The Balaban J connectivity index is 2.67. The van der Waals surface area contributed by atoms with Crippen LogP contribution in [0.25, 0.3) is 0 Å². The van der Waals surface area contributed by atoms with Gasteiger partial charge in [0, 0.05) is 5.56 Å². The Hall–Kier alpha value is -0.480. The normalized spacial score (nSPS) is 15.7. The second-order valence-corrected chi connectivity index (χ2v) is 4.75. The van der Waals surface area contributed by atoms with Crippen molar-refractivity contribution >= 4 is 38.8 Å². The highest BCUT2D eigenvalue weighted by Crippen LogP contribution is 2.33. The van der Waals surface area contributed by atoms with E-state index in [9.17, 15) is 9.59 Å². The highest BCUT2D eigenvalue weighted by atomic mass is 79.9. The zero-order valence-corrected chi connectivity index (χ0v) is 7.79. The van der Waals surface area contributed by atoms with E-state index in [-0.39, 0.29) is 18.0 Å². The lowest BCUT2D eigenvalue weighted by atomic mass is 10.2. The number of hydrogen-bond acceptors (Lipinski definition) is 3. The largest absolute Gasteiger partial charge is 0.294 e. The Morgan fingerprint density at radius 1 is 1.36 bits per heavy atom. The molecule has 0 aliphatic heterocycles. The van der Waals surface area contributed by atoms with Crippen molar-refractivity contribution in [3.05, 3.63) is 20.3 Å². The van der Waals surface area contributed by atoms with Gasteiger partial charge in [-0.25, -0.2) is 0 Å². The number of rotatable bonds is 0. The van der Waals surface area contributed by atoms with Gasteiger partial charge in [0.05, 0.1) is 15.1 Å². The van der Waals surface area contributed by atoms with Gasteiger partial charge in [-0.1, -0.05) is 0 Å². The summed E-state index contributed by atoms with van der Waals surface area (Å²) in [6.07, 6.45) is 0.0639. The van der Waals surface area contributed by atoms with E-state index in [1.807, 2.05) is 0 Å². The van der Waals surface area contributed by atoms with Crippen LogP contribution in [0.1, 0.15) is 26.5 Å². The molecule has 0 aromatic carbocycles. The molecule has 0 amide bonds. The quantitative estimate of drug-likeness (QED) is 0.642. The van der Waals surface area contributed by atoms with Crippen molar-refractivity contribution in [3.8, 4) is 0 Å². The topological polar surface area (TPSA) is 34.1 Å². The maximum absolute atomic E-state index is 11.1. The van der Waals surface area contributed by atoms with Gasteiger partial charge in [0.15, 0.2) is 11.6 Å². The van der Waals surface area contributed by atoms with Crippen molar-refractivity contribution < 1.29 is 9.59 Å². The molecule has 4 heteroatoms. The average Bonchev–Trinajstić information content (AvgIpc) is 2.38. The summed E-state index contributed by atoms with van der Waals surface area (Å²) in [6, 6.07) is 1.72. The molecule has 1 heterocycles. The van der Waals surface area contributed by atoms with Gasteiger partial charge in [0.1, 0.15) is 0 Å². The molecule has 0 saturated heterocycles. The number of carbonyl (C=O) groups excluding carboxylic acids is 2. The van der Waals surface area contributed by atoms with E-state index in [4.69, 9.17) is 0 Å². The summed E-state index contributed by atoms with van der Waals surface area (Å²) in [6.45, 7) is 0. The number of thiophene rings is 1. The molecule has 11 heavy (non-hydrogen) atoms. The van der Waals surface area contributed by atoms with E-state index >= 15 is 0 Å². The van der Waals surface area contributed by atoms with Crippen LogP contribution < -0.4 is 0 Å². The zero-order valence-electron chi connectivity index (χ0n) is 5.39. The molecule has 0 saturated carbocycles. The molecule has 2 rings (SSSR count). The summed E-state index contributed by atoms with van der Waals surface area (Å²) in [4.78, 5) is 22.7. The smallest absolute Gasteiger partial charge is 0.181 e. The first-order valence-corrected chi connectivity index (χ1v) is 4.65. The molecule has 0 N–H and O–H groups in total. The van der Waals surface area contributed by atoms with Crippen LogP contribution in [0.4, 0.5) is 0 Å². The molecule has 0 bridgehead atoms. The first-order chi connectivity index (χ1) is 5.18. The van der Waals surface area contributed by atoms with Crippen molar-refractivity contribution in [2.24, 2.45) is 0 Å². The van der Waals surface area contributed by atoms with Gasteiger partial charge in [-0.3, -0.25) is 9.59 Å². The van der Waals surface area contributed by atoms with Gasteiger partial charge >= 0.3 is 0 Å². The maximum Gasteiger partial charge on any atom is 0.181 e. The molecule has 0 atom stereocenters. The standard InChI is InChI=1S/C7H3BrO2S/c8-6-1-3-4(9)2-5(10)7(3)11-6/h1H,2H2. The highest BCUT2D eigenvalue weighted by molar-refractivity contribution is 9.11. The van der Waals surface area contributed by atoms with Crippen molar-refractivity contribution in [1.82, 2.24) is 0 Å². The summed E-state index contributed by atoms with van der Waals surface area (Å²) < 4.78 is 0.851. The number of hydrogen-bond donors (Lipinski definition) is 0. The average molecular weight is 231 g/mol. The summed E-state index contributed by atoms with van der Waals surface area (Å²) in [5.74, 6) is -0.0901. The van der Waals surface area contributed by atoms with Crippen LogP contribution in [-0.2, 0) is 0 Å². The van der Waals surface area contributed by atoms with Gasteiger partial charge in [0.25, 0.3) is 0 Å². The Labute approximate surface area is 75.4 Å². The molecule has 1 aromatic rings. The van der Waals surface area contributed by atoms with E-state index < -0.39 is 0 Å². The number of ketones is 2. The molecule has 0 spiro atoms. The second-order valence-electron chi connectivity index (χ2n) is 2.32. The molecular weight excluding hydrogens is 228 g/mol. The van der Waals surface area contributed by atoms with Crippen LogP contribution in [0.5, 0.6) is 0 Å². The molecule has 56 valence electrons. The Morgan fingerprint density at radius 2 is 2.09 bits per heavy atom. The highest BCUT2D eigenvalue weighted by Gasteiger charge is 2.29. The third kappa shape index (κ3) is 0.973. The summed E-state index contributed by atoms with van der Waals surface area (Å²) in [5.41, 5.74) is 0.590. The zero-order chi connectivity index (χ0) is 8.01. The number of fused-ring (bicyclic) bond motifs is 1. The minimum Gasteiger partial charge on any atom is -0.294 e. The first kappa shape index (κ1) is 7.18. The fourth-order valence-corrected chi connectivity index (χ4v) is 2.65. The lowest BCUT2D eigenvalue weighted by Crippen LogP contribution is -1.91. The van der Waals surface area contributed by atoms with E-state index in [1.165, 1.54) is 11.3 Å². The van der Waals surface area contributed by atoms with Crippen LogP contribution in [-0.4, -0.2) is 11.6 Å². The Kier molecular flexibility index (Phi) is 1.47. The van der Waals surface area contributed by atoms with Crippen LogP contribution >= 0.6 is 27.3 Å². The summed E-state index contributed by atoms with van der Waals surface area (Å²) >= 11 is 4.56. The maximum atomic E-state index is 11.1. The van der Waals surface area contributed by atoms with Crippen LogP contribution in [0.2, 0.25) is 0 Å². The van der Waals surface area contributed by atoms with Crippen molar-refractivity contribution in [1.29, 1.82) is 0 Å². The number of Topliss-reactive ketones (excluding diaryl/α,β-unsaturated/α-hetero) is 2. The SMILES string of the molecule is O=C1CC(=O)c2sc(Br)cc21. The van der Waals surface area contributed by atoms with Gasteiger partial charge < -0.3 is 0 Å². The lowest BCUT2D eigenvalue weighted by Gasteiger charge is -1.80. The first-order valence-electron chi connectivity index (χ1n) is 3.04. The van der Waals surface area contributed by atoms with E-state index in [2.05, 4.69) is 15.9 Å². The number of carbonyl (C=O) groups is 2. The van der Waals surface area contributed by atoms with Gasteiger partial charge in [-0.15, -0.1) is 11.3 Å². The van der Waals surface area contributed by atoms with E-state index in [0.29, 0.717) is 10.4 Å². The predicted octanol–water partition coefficient (Wildman–Crippen LogP) is 2.28.